The Labute approximate surface area is 181 Å². The molecule has 9 heteroatoms. The molecule has 5 rings (SSSR count). The second kappa shape index (κ2) is 8.10. The van der Waals surface area contributed by atoms with Crippen LogP contribution in [0.3, 0.4) is 0 Å². The van der Waals surface area contributed by atoms with Crippen molar-refractivity contribution in [2.45, 2.75) is 13.0 Å². The van der Waals surface area contributed by atoms with Crippen molar-refractivity contribution in [3.63, 3.8) is 0 Å². The van der Waals surface area contributed by atoms with Crippen molar-refractivity contribution in [1.82, 2.24) is 29.1 Å². The lowest BCUT2D eigenvalue weighted by Gasteiger charge is -2.04. The third-order valence-corrected chi connectivity index (χ3v) is 5.20. The van der Waals surface area contributed by atoms with Gasteiger partial charge in [0.1, 0.15) is 17.9 Å². The minimum atomic E-state index is -0.412. The van der Waals surface area contributed by atoms with Crippen LogP contribution < -0.4 is 11.0 Å². The van der Waals surface area contributed by atoms with Crippen molar-refractivity contribution >= 4 is 17.1 Å². The summed E-state index contributed by atoms with van der Waals surface area (Å²) in [4.78, 5) is 25.1. The van der Waals surface area contributed by atoms with Gasteiger partial charge in [0.05, 0.1) is 5.69 Å². The molecule has 0 spiro atoms. The van der Waals surface area contributed by atoms with E-state index in [2.05, 4.69) is 15.5 Å². The molecule has 160 valence electrons. The molecule has 1 N–H and O–H groups in total. The number of benzene rings is 2. The maximum absolute atomic E-state index is 13.2. The standard InChI is InChI=1S/C23H19FN6O2/c24-18-8-6-17(7-9-18)19-14-20-22-27-30(23(32)28(22)12-13-29(20)26-19)15-21(31)25-11-10-16-4-2-1-3-5-16/h1-9,12-14H,10-11,15H2,(H,25,31). The fraction of sp³-hybridized carbons (Fsp3) is 0.130. The molecule has 8 nitrogen and oxygen atoms in total. The zero-order valence-corrected chi connectivity index (χ0v) is 17.0. The number of carbonyl (C=O) groups is 1. The molecule has 0 aliphatic rings. The molecule has 0 aliphatic heterocycles. The van der Waals surface area contributed by atoms with Crippen molar-refractivity contribution in [3.05, 3.63) is 94.9 Å². The first kappa shape index (κ1) is 19.7. The summed E-state index contributed by atoms with van der Waals surface area (Å²) in [7, 11) is 0. The largest absolute Gasteiger partial charge is 0.354 e. The van der Waals surface area contributed by atoms with E-state index in [1.54, 1.807) is 35.1 Å². The van der Waals surface area contributed by atoms with E-state index in [4.69, 9.17) is 0 Å². The van der Waals surface area contributed by atoms with Gasteiger partial charge < -0.3 is 5.32 Å². The first-order chi connectivity index (χ1) is 15.6. The van der Waals surface area contributed by atoms with Gasteiger partial charge in [-0.15, -0.1) is 5.10 Å². The molecule has 32 heavy (non-hydrogen) atoms. The van der Waals surface area contributed by atoms with E-state index in [1.165, 1.54) is 16.5 Å². The lowest BCUT2D eigenvalue weighted by atomic mass is 10.1. The smallest absolute Gasteiger partial charge is 0.350 e. The molecule has 3 heterocycles. The summed E-state index contributed by atoms with van der Waals surface area (Å²) in [5.74, 6) is -0.616. The summed E-state index contributed by atoms with van der Waals surface area (Å²) in [5, 5.41) is 11.7. The Kier molecular flexibility index (Phi) is 4.98. The van der Waals surface area contributed by atoms with E-state index in [9.17, 15) is 14.0 Å². The molecular formula is C23H19FN6O2. The molecule has 0 fully saturated rings. The SMILES string of the molecule is O=C(Cn1nc2c3cc(-c4ccc(F)cc4)nn3ccn2c1=O)NCCc1ccccc1. The third kappa shape index (κ3) is 3.76. The lowest BCUT2D eigenvalue weighted by Crippen LogP contribution is -2.33. The van der Waals surface area contributed by atoms with E-state index < -0.39 is 5.69 Å². The molecule has 0 unspecified atom stereocenters. The zero-order valence-electron chi connectivity index (χ0n) is 17.0. The number of hydrogen-bond donors (Lipinski definition) is 1. The van der Waals surface area contributed by atoms with E-state index in [1.807, 2.05) is 30.3 Å². The lowest BCUT2D eigenvalue weighted by molar-refractivity contribution is -0.121. The summed E-state index contributed by atoms with van der Waals surface area (Å²) >= 11 is 0. The quantitative estimate of drug-likeness (QED) is 0.448. The van der Waals surface area contributed by atoms with Gasteiger partial charge in [0.25, 0.3) is 0 Å². The highest BCUT2D eigenvalue weighted by Crippen LogP contribution is 2.21. The van der Waals surface area contributed by atoms with Gasteiger partial charge in [-0.2, -0.15) is 5.10 Å². The van der Waals surface area contributed by atoms with Gasteiger partial charge in [0, 0.05) is 24.5 Å². The van der Waals surface area contributed by atoms with Gasteiger partial charge in [0.2, 0.25) is 5.91 Å². The van der Waals surface area contributed by atoms with Crippen LogP contribution in [0.2, 0.25) is 0 Å². The third-order valence-electron chi connectivity index (χ3n) is 5.20. The number of nitrogens with zero attached hydrogens (tertiary/aromatic N) is 5. The molecule has 2 aromatic carbocycles. The van der Waals surface area contributed by atoms with Crippen LogP contribution in [0.5, 0.6) is 0 Å². The minimum absolute atomic E-state index is 0.180. The first-order valence-corrected chi connectivity index (χ1v) is 10.1. The fourth-order valence-corrected chi connectivity index (χ4v) is 3.58. The molecule has 1 amide bonds. The summed E-state index contributed by atoms with van der Waals surface area (Å²) in [5.41, 5.74) is 3.07. The van der Waals surface area contributed by atoms with Crippen LogP contribution in [0.1, 0.15) is 5.56 Å². The number of carbonyl (C=O) groups excluding carboxylic acids is 1. The van der Waals surface area contributed by atoms with Crippen LogP contribution in [0.25, 0.3) is 22.4 Å². The molecule has 0 radical (unpaired) electrons. The van der Waals surface area contributed by atoms with Crippen LogP contribution in [0.15, 0.2) is 77.9 Å². The highest BCUT2D eigenvalue weighted by Gasteiger charge is 2.15. The van der Waals surface area contributed by atoms with Crippen molar-refractivity contribution in [2.24, 2.45) is 0 Å². The molecule has 0 bridgehead atoms. The Morgan fingerprint density at radius 2 is 1.78 bits per heavy atom. The Hall–Kier alpha value is -4.27. The van der Waals surface area contributed by atoms with Crippen LogP contribution in [0.4, 0.5) is 4.39 Å². The summed E-state index contributed by atoms with van der Waals surface area (Å²) in [6.07, 6.45) is 3.90. The Balaban J connectivity index is 1.37. The van der Waals surface area contributed by atoms with Gasteiger partial charge in [-0.3, -0.25) is 4.79 Å². The Morgan fingerprint density at radius 3 is 2.56 bits per heavy atom. The van der Waals surface area contributed by atoms with Gasteiger partial charge in [-0.1, -0.05) is 30.3 Å². The van der Waals surface area contributed by atoms with Gasteiger partial charge >= 0.3 is 5.69 Å². The molecule has 3 aromatic heterocycles. The molecular weight excluding hydrogens is 411 g/mol. The predicted octanol–water partition coefficient (Wildman–Crippen LogP) is 2.31. The highest BCUT2D eigenvalue weighted by atomic mass is 19.1. The van der Waals surface area contributed by atoms with E-state index in [0.29, 0.717) is 29.8 Å². The number of aromatic nitrogens is 5. The zero-order chi connectivity index (χ0) is 22.1. The van der Waals surface area contributed by atoms with Crippen LogP contribution >= 0.6 is 0 Å². The topological polar surface area (TPSA) is 85.7 Å². The highest BCUT2D eigenvalue weighted by molar-refractivity contribution is 5.77. The van der Waals surface area contributed by atoms with Gasteiger partial charge in [0.15, 0.2) is 5.65 Å². The number of nitrogens with one attached hydrogen (secondary N) is 1. The Bertz CT molecular complexity index is 1470. The van der Waals surface area contributed by atoms with E-state index in [-0.39, 0.29) is 18.3 Å². The predicted molar refractivity (Wildman–Crippen MR) is 117 cm³/mol. The number of amides is 1. The second-order valence-corrected chi connectivity index (χ2v) is 7.38. The number of fused-ring (bicyclic) bond motifs is 3. The maximum atomic E-state index is 13.2. The van der Waals surface area contributed by atoms with Gasteiger partial charge in [-0.25, -0.2) is 22.8 Å². The molecule has 0 atom stereocenters. The molecule has 0 saturated carbocycles. The maximum Gasteiger partial charge on any atom is 0.350 e. The van der Waals surface area contributed by atoms with Crippen molar-refractivity contribution in [2.75, 3.05) is 6.54 Å². The first-order valence-electron chi connectivity index (χ1n) is 10.1. The van der Waals surface area contributed by atoms with E-state index >= 15 is 0 Å². The van der Waals surface area contributed by atoms with Crippen molar-refractivity contribution in [3.8, 4) is 11.3 Å². The van der Waals surface area contributed by atoms with Crippen LogP contribution in [-0.4, -0.2) is 36.2 Å². The number of rotatable bonds is 6. The number of halogens is 1. The summed E-state index contributed by atoms with van der Waals surface area (Å²) in [6.45, 7) is 0.291. The normalized spacial score (nSPS) is 11.3. The molecule has 0 aliphatic carbocycles. The second-order valence-electron chi connectivity index (χ2n) is 7.38. The fourth-order valence-electron chi connectivity index (χ4n) is 3.58. The average molecular weight is 430 g/mol. The minimum Gasteiger partial charge on any atom is -0.354 e. The van der Waals surface area contributed by atoms with Crippen molar-refractivity contribution < 1.29 is 9.18 Å². The van der Waals surface area contributed by atoms with Gasteiger partial charge in [-0.05, 0) is 42.3 Å². The summed E-state index contributed by atoms with van der Waals surface area (Å²) in [6, 6.07) is 17.6. The average Bonchev–Trinajstić information content (AvgIpc) is 3.37. The monoisotopic (exact) mass is 430 g/mol. The van der Waals surface area contributed by atoms with Crippen LogP contribution in [-0.2, 0) is 17.8 Å². The van der Waals surface area contributed by atoms with Crippen molar-refractivity contribution in [1.29, 1.82) is 0 Å². The summed E-state index contributed by atoms with van der Waals surface area (Å²) < 4.78 is 17.3. The number of hydrogen-bond acceptors (Lipinski definition) is 4. The molecule has 5 aromatic rings. The van der Waals surface area contributed by atoms with E-state index in [0.717, 1.165) is 15.8 Å². The molecule has 0 saturated heterocycles. The Morgan fingerprint density at radius 1 is 1.00 bits per heavy atom. The van der Waals surface area contributed by atoms with Crippen LogP contribution in [0, 0.1) is 5.82 Å².